The molecule has 1 heterocycles. The molecular weight excluding hydrogens is 503 g/mol. The largest absolute Gasteiger partial charge is 0.490 e. The lowest BCUT2D eigenvalue weighted by Crippen LogP contribution is -2.47. The fraction of sp³-hybridized carbons (Fsp3) is 0.409. The number of hydrogen-bond donors (Lipinski definition) is 1. The van der Waals surface area contributed by atoms with E-state index < -0.39 is 13.0 Å². The van der Waals surface area contributed by atoms with Gasteiger partial charge in [-0.15, -0.1) is 24.0 Å². The van der Waals surface area contributed by atoms with E-state index in [0.29, 0.717) is 12.3 Å². The summed E-state index contributed by atoms with van der Waals surface area (Å²) in [5.74, 6) is 2.17. The number of ether oxygens (including phenoxy) is 2. The minimum Gasteiger partial charge on any atom is -0.490 e. The summed E-state index contributed by atoms with van der Waals surface area (Å²) < 4.78 is 35.7. The summed E-state index contributed by atoms with van der Waals surface area (Å²) in [5, 5.41) is 3.34. The van der Waals surface area contributed by atoms with Crippen LogP contribution in [-0.2, 0) is 6.54 Å². The molecule has 0 aromatic heterocycles. The molecule has 0 saturated carbocycles. The Labute approximate surface area is 193 Å². The first-order valence-corrected chi connectivity index (χ1v) is 9.81. The Hall–Kier alpha value is -2.10. The fourth-order valence-corrected chi connectivity index (χ4v) is 3.29. The van der Waals surface area contributed by atoms with E-state index >= 15 is 0 Å². The molecule has 0 amide bonds. The summed E-state index contributed by atoms with van der Waals surface area (Å²) in [6, 6.07) is 17.1. The van der Waals surface area contributed by atoms with Crippen molar-refractivity contribution in [1.82, 2.24) is 10.2 Å². The molecule has 2 aromatic carbocycles. The van der Waals surface area contributed by atoms with Gasteiger partial charge in [-0.05, 0) is 29.8 Å². The van der Waals surface area contributed by atoms with Crippen molar-refractivity contribution in [3.8, 4) is 11.5 Å². The zero-order valence-electron chi connectivity index (χ0n) is 17.0. The highest BCUT2D eigenvalue weighted by molar-refractivity contribution is 14.0. The van der Waals surface area contributed by atoms with Crippen molar-refractivity contribution in [2.45, 2.75) is 31.9 Å². The molecule has 1 saturated heterocycles. The molecule has 1 fully saturated rings. The smallest absolute Gasteiger partial charge is 0.272 e. The lowest BCUT2D eigenvalue weighted by molar-refractivity contribution is 0.0818. The molecule has 1 N–H and O–H groups in total. The van der Waals surface area contributed by atoms with Crippen LogP contribution >= 0.6 is 24.0 Å². The maximum Gasteiger partial charge on any atom is 0.272 e. The van der Waals surface area contributed by atoms with E-state index in [2.05, 4.69) is 15.2 Å². The summed E-state index contributed by atoms with van der Waals surface area (Å²) in [5.41, 5.74) is 0.945. The zero-order chi connectivity index (χ0) is 20.5. The minimum atomic E-state index is -2.48. The molecule has 0 atom stereocenters. The predicted octanol–water partition coefficient (Wildman–Crippen LogP) is 4.57. The zero-order valence-corrected chi connectivity index (χ0v) is 19.3. The van der Waals surface area contributed by atoms with Gasteiger partial charge in [-0.2, -0.15) is 0 Å². The second-order valence-electron chi connectivity index (χ2n) is 6.87. The first-order valence-electron chi connectivity index (χ1n) is 9.81. The average molecular weight is 531 g/mol. The summed E-state index contributed by atoms with van der Waals surface area (Å²) in [7, 11) is 1.76. The number of likely N-dealkylation sites (tertiary alicyclic amines) is 1. The highest BCUT2D eigenvalue weighted by atomic mass is 127. The molecular formula is C22H28F2IN3O2. The molecule has 8 heteroatoms. The van der Waals surface area contributed by atoms with Gasteiger partial charge in [-0.3, -0.25) is 4.99 Å². The number of alkyl halides is 2. The van der Waals surface area contributed by atoms with Gasteiger partial charge >= 0.3 is 0 Å². The van der Waals surface area contributed by atoms with Crippen LogP contribution in [0.1, 0.15) is 18.4 Å². The lowest BCUT2D eigenvalue weighted by atomic mass is 10.1. The third-order valence-corrected chi connectivity index (χ3v) is 4.72. The van der Waals surface area contributed by atoms with Crippen LogP contribution in [-0.4, -0.2) is 50.1 Å². The van der Waals surface area contributed by atoms with Crippen molar-refractivity contribution < 1.29 is 18.3 Å². The van der Waals surface area contributed by atoms with Crippen LogP contribution in [0.15, 0.2) is 59.6 Å². The van der Waals surface area contributed by atoms with E-state index in [4.69, 9.17) is 9.47 Å². The van der Waals surface area contributed by atoms with Gasteiger partial charge in [0.1, 0.15) is 24.2 Å². The average Bonchev–Trinajstić information content (AvgIpc) is 2.75. The van der Waals surface area contributed by atoms with Crippen molar-refractivity contribution in [3.63, 3.8) is 0 Å². The molecule has 0 aliphatic carbocycles. The number of para-hydroxylation sites is 1. The maximum absolute atomic E-state index is 12.3. The maximum atomic E-state index is 12.3. The van der Waals surface area contributed by atoms with Gasteiger partial charge in [-0.1, -0.05) is 30.3 Å². The van der Waals surface area contributed by atoms with Crippen LogP contribution in [0.5, 0.6) is 11.5 Å². The Morgan fingerprint density at radius 1 is 1.10 bits per heavy atom. The molecule has 0 unspecified atom stereocenters. The summed E-state index contributed by atoms with van der Waals surface area (Å²) in [4.78, 5) is 6.59. The van der Waals surface area contributed by atoms with Gasteiger partial charge in [0.15, 0.2) is 5.96 Å². The summed E-state index contributed by atoms with van der Waals surface area (Å²) in [6.07, 6.45) is -0.432. The standard InChI is InChI=1S/C22H27F2N3O2.HI/c1-25-22(26-15-17-6-5-9-20(14-17)28-16-21(23)24)27-12-10-19(11-13-27)29-18-7-3-2-4-8-18;/h2-9,14,19,21H,10-13,15-16H2,1H3,(H,25,26);1H. The number of rotatable bonds is 7. The van der Waals surface area contributed by atoms with Crippen LogP contribution in [0.4, 0.5) is 8.78 Å². The molecule has 164 valence electrons. The van der Waals surface area contributed by atoms with Gasteiger partial charge in [0, 0.05) is 39.5 Å². The van der Waals surface area contributed by atoms with Crippen LogP contribution in [0, 0.1) is 0 Å². The number of guanidine groups is 1. The van der Waals surface area contributed by atoms with Crippen molar-refractivity contribution in [2.75, 3.05) is 26.7 Å². The number of aliphatic imine (C=N–C) groups is 1. The third kappa shape index (κ3) is 7.62. The van der Waals surface area contributed by atoms with Crippen molar-refractivity contribution >= 4 is 29.9 Å². The number of benzene rings is 2. The molecule has 0 spiro atoms. The van der Waals surface area contributed by atoms with Gasteiger partial charge in [-0.25, -0.2) is 8.78 Å². The Bertz CT molecular complexity index is 785. The Balaban J connectivity index is 0.00000320. The molecule has 0 bridgehead atoms. The van der Waals surface area contributed by atoms with Crippen molar-refractivity contribution in [1.29, 1.82) is 0 Å². The molecule has 3 rings (SSSR count). The van der Waals surface area contributed by atoms with E-state index in [-0.39, 0.29) is 30.1 Å². The number of nitrogens with one attached hydrogen (secondary N) is 1. The van der Waals surface area contributed by atoms with Crippen molar-refractivity contribution in [3.05, 3.63) is 60.2 Å². The summed E-state index contributed by atoms with van der Waals surface area (Å²) >= 11 is 0. The van der Waals surface area contributed by atoms with E-state index in [1.165, 1.54) is 0 Å². The highest BCUT2D eigenvalue weighted by Crippen LogP contribution is 2.19. The molecule has 2 aromatic rings. The Morgan fingerprint density at radius 3 is 2.47 bits per heavy atom. The quantitative estimate of drug-likeness (QED) is 0.323. The first kappa shape index (κ1) is 24.2. The van der Waals surface area contributed by atoms with Gasteiger partial charge in [0.2, 0.25) is 0 Å². The minimum absolute atomic E-state index is 0. The number of nitrogens with zero attached hydrogens (tertiary/aromatic N) is 2. The van der Waals surface area contributed by atoms with Crippen LogP contribution in [0.2, 0.25) is 0 Å². The van der Waals surface area contributed by atoms with Gasteiger partial charge in [0.05, 0.1) is 0 Å². The molecule has 1 aliphatic rings. The fourth-order valence-electron chi connectivity index (χ4n) is 3.29. The predicted molar refractivity (Wildman–Crippen MR) is 125 cm³/mol. The van der Waals surface area contributed by atoms with Crippen LogP contribution in [0.25, 0.3) is 0 Å². The normalized spacial score (nSPS) is 14.9. The van der Waals surface area contributed by atoms with Gasteiger partial charge in [0.25, 0.3) is 6.43 Å². The molecule has 5 nitrogen and oxygen atoms in total. The second-order valence-corrected chi connectivity index (χ2v) is 6.87. The highest BCUT2D eigenvalue weighted by Gasteiger charge is 2.22. The van der Waals surface area contributed by atoms with Gasteiger partial charge < -0.3 is 19.7 Å². The Morgan fingerprint density at radius 2 is 1.80 bits per heavy atom. The SMILES string of the molecule is CN=C(NCc1cccc(OCC(F)F)c1)N1CCC(Oc2ccccc2)CC1.I. The van der Waals surface area contributed by atoms with E-state index in [9.17, 15) is 8.78 Å². The summed E-state index contributed by atoms with van der Waals surface area (Å²) in [6.45, 7) is 1.65. The third-order valence-electron chi connectivity index (χ3n) is 4.72. The number of hydrogen-bond acceptors (Lipinski definition) is 3. The van der Waals surface area contributed by atoms with E-state index in [1.807, 2.05) is 36.4 Å². The number of halogens is 3. The van der Waals surface area contributed by atoms with E-state index in [1.54, 1.807) is 25.2 Å². The monoisotopic (exact) mass is 531 g/mol. The number of piperidine rings is 1. The second kappa shape index (κ2) is 12.6. The van der Waals surface area contributed by atoms with Crippen molar-refractivity contribution in [2.24, 2.45) is 4.99 Å². The topological polar surface area (TPSA) is 46.1 Å². The van der Waals surface area contributed by atoms with Crippen LogP contribution < -0.4 is 14.8 Å². The molecule has 30 heavy (non-hydrogen) atoms. The van der Waals surface area contributed by atoms with E-state index in [0.717, 1.165) is 43.2 Å². The Kier molecular flexibility index (Phi) is 10.1. The molecule has 0 radical (unpaired) electrons. The molecule has 1 aliphatic heterocycles. The first-order chi connectivity index (χ1) is 14.1. The van der Waals surface area contributed by atoms with Crippen LogP contribution in [0.3, 0.4) is 0 Å². The lowest BCUT2D eigenvalue weighted by Gasteiger charge is -2.34.